The van der Waals surface area contributed by atoms with E-state index in [1.807, 2.05) is 6.92 Å². The van der Waals surface area contributed by atoms with Gasteiger partial charge in [0.15, 0.2) is 0 Å². The van der Waals surface area contributed by atoms with Crippen molar-refractivity contribution >= 4 is 0 Å². The van der Waals surface area contributed by atoms with Crippen LogP contribution in [0.5, 0.6) is 0 Å². The average Bonchev–Trinajstić information content (AvgIpc) is 1.35. The van der Waals surface area contributed by atoms with Gasteiger partial charge in [0.25, 0.3) is 0 Å². The van der Waals surface area contributed by atoms with Crippen molar-refractivity contribution in [3.05, 3.63) is 0 Å². The Bertz CT molecular complexity index is 33.7. The van der Waals surface area contributed by atoms with E-state index in [0.29, 0.717) is 6.42 Å². The zero-order valence-corrected chi connectivity index (χ0v) is 4.62. The predicted molar refractivity (Wildman–Crippen MR) is 25.1 cm³/mol. The van der Waals surface area contributed by atoms with Crippen LogP contribution in [-0.4, -0.2) is 5.60 Å². The van der Waals surface area contributed by atoms with Crippen molar-refractivity contribution in [1.82, 2.24) is 0 Å². The fourth-order valence-electron chi connectivity index (χ4n) is 0. The maximum absolute atomic E-state index is 10.5. The minimum Gasteiger partial charge on any atom is -0.230 e. The molecule has 0 rings (SSSR count). The van der Waals surface area contributed by atoms with Gasteiger partial charge in [0.2, 0.25) is 0 Å². The molecule has 0 aromatic rings. The van der Waals surface area contributed by atoms with Crippen molar-refractivity contribution in [2.24, 2.45) is 0 Å². The molecule has 0 amide bonds. The molecule has 0 aliphatic rings. The van der Waals surface area contributed by atoms with Crippen molar-refractivity contribution < 1.29 is 5.11 Å². The molecule has 0 unspecified atom stereocenters. The maximum atomic E-state index is 10.5. The third kappa shape index (κ3) is 3.96. The Balaban J connectivity index is 3.17. The summed E-state index contributed by atoms with van der Waals surface area (Å²) < 4.78 is 0. The largest absolute Gasteiger partial charge is 0.230 e. The van der Waals surface area contributed by atoms with Gasteiger partial charge in [-0.2, -0.15) is 0 Å². The molecule has 0 N–H and O–H groups in total. The Kier molecular flexibility index (Phi) is 1.59. The zero-order valence-electron chi connectivity index (χ0n) is 4.62. The van der Waals surface area contributed by atoms with E-state index in [2.05, 4.69) is 0 Å². The van der Waals surface area contributed by atoms with Crippen LogP contribution in [0.15, 0.2) is 0 Å². The van der Waals surface area contributed by atoms with Gasteiger partial charge >= 0.3 is 0 Å². The van der Waals surface area contributed by atoms with E-state index in [1.54, 1.807) is 13.8 Å². The van der Waals surface area contributed by atoms with Gasteiger partial charge < -0.3 is 0 Å². The summed E-state index contributed by atoms with van der Waals surface area (Å²) in [7, 11) is 0. The third-order valence-electron chi connectivity index (χ3n) is 0.851. The molecule has 0 heterocycles. The molecule has 0 saturated heterocycles. The quantitative estimate of drug-likeness (QED) is 0.463. The van der Waals surface area contributed by atoms with Gasteiger partial charge in [-0.1, -0.05) is 6.92 Å². The summed E-state index contributed by atoms with van der Waals surface area (Å²) in [4.78, 5) is 0. The van der Waals surface area contributed by atoms with Crippen LogP contribution < -0.4 is 0 Å². The predicted octanol–water partition coefficient (Wildman–Crippen LogP) is 1.61. The van der Waals surface area contributed by atoms with Gasteiger partial charge in [-0.25, -0.2) is 5.11 Å². The van der Waals surface area contributed by atoms with Crippen LogP contribution >= 0.6 is 0 Å². The Morgan fingerprint density at radius 3 is 1.67 bits per heavy atom. The summed E-state index contributed by atoms with van der Waals surface area (Å²) >= 11 is 0. The lowest BCUT2D eigenvalue weighted by molar-refractivity contribution is 0.00113. The standard InChI is InChI=1S/C5H11O/c1-4-5(2,3)6/h4H2,1-3H3. The lowest BCUT2D eigenvalue weighted by Gasteiger charge is -2.07. The van der Waals surface area contributed by atoms with E-state index in [1.165, 1.54) is 0 Å². The molecule has 0 aromatic carbocycles. The smallest absolute Gasteiger partial charge is 0.0977 e. The van der Waals surface area contributed by atoms with Gasteiger partial charge in [-0.3, -0.25) is 0 Å². The summed E-state index contributed by atoms with van der Waals surface area (Å²) in [5.74, 6) is 0. The van der Waals surface area contributed by atoms with E-state index >= 15 is 0 Å². The van der Waals surface area contributed by atoms with Crippen molar-refractivity contribution in [1.29, 1.82) is 0 Å². The van der Waals surface area contributed by atoms with Gasteiger partial charge in [0.05, 0.1) is 5.60 Å². The molecule has 6 heavy (non-hydrogen) atoms. The first-order valence-electron chi connectivity index (χ1n) is 2.26. The van der Waals surface area contributed by atoms with E-state index < -0.39 is 5.60 Å². The van der Waals surface area contributed by atoms with Crippen molar-refractivity contribution in [3.63, 3.8) is 0 Å². The Hall–Kier alpha value is -0.0400. The second-order valence-electron chi connectivity index (χ2n) is 2.11. The number of hydrogen-bond acceptors (Lipinski definition) is 0. The molecule has 0 aliphatic carbocycles. The summed E-state index contributed by atoms with van der Waals surface area (Å²) in [6.07, 6.45) is 0.715. The van der Waals surface area contributed by atoms with Crippen molar-refractivity contribution in [3.8, 4) is 0 Å². The molecular weight excluding hydrogens is 76.1 g/mol. The second-order valence-corrected chi connectivity index (χ2v) is 2.11. The average molecular weight is 87.1 g/mol. The highest BCUT2D eigenvalue weighted by Crippen LogP contribution is 2.04. The highest BCUT2D eigenvalue weighted by Gasteiger charge is 2.09. The first-order valence-corrected chi connectivity index (χ1v) is 2.26. The van der Waals surface area contributed by atoms with Gasteiger partial charge in [0, 0.05) is 0 Å². The fourth-order valence-corrected chi connectivity index (χ4v) is 0. The van der Waals surface area contributed by atoms with Crippen LogP contribution in [0.1, 0.15) is 27.2 Å². The first-order chi connectivity index (χ1) is 2.56. The third-order valence-corrected chi connectivity index (χ3v) is 0.851. The number of rotatable bonds is 1. The molecule has 0 fully saturated rings. The van der Waals surface area contributed by atoms with E-state index in [-0.39, 0.29) is 0 Å². The molecule has 37 valence electrons. The van der Waals surface area contributed by atoms with Gasteiger partial charge in [-0.15, -0.1) is 0 Å². The lowest BCUT2D eigenvalue weighted by Crippen LogP contribution is -2.13. The molecule has 0 saturated carbocycles. The molecule has 0 aromatic heterocycles. The molecule has 1 radical (unpaired) electrons. The monoisotopic (exact) mass is 87.1 g/mol. The Morgan fingerprint density at radius 1 is 1.50 bits per heavy atom. The van der Waals surface area contributed by atoms with Gasteiger partial charge in [-0.05, 0) is 20.3 Å². The lowest BCUT2D eigenvalue weighted by atomic mass is 10.1. The minimum atomic E-state index is -0.708. The topological polar surface area (TPSA) is 19.9 Å². The van der Waals surface area contributed by atoms with Crippen LogP contribution in [0.2, 0.25) is 0 Å². The first kappa shape index (κ1) is 5.96. The molecule has 0 atom stereocenters. The van der Waals surface area contributed by atoms with Crippen LogP contribution in [0.3, 0.4) is 0 Å². The van der Waals surface area contributed by atoms with E-state index in [0.717, 1.165) is 0 Å². The highest BCUT2D eigenvalue weighted by molar-refractivity contribution is 4.58. The minimum absolute atomic E-state index is 0.708. The summed E-state index contributed by atoms with van der Waals surface area (Å²) in [5, 5.41) is 10.5. The van der Waals surface area contributed by atoms with Gasteiger partial charge in [0.1, 0.15) is 0 Å². The normalized spacial score (nSPS) is 12.0. The fraction of sp³-hybridized carbons (Fsp3) is 1.00. The molecule has 0 aliphatic heterocycles. The number of hydrogen-bond donors (Lipinski definition) is 0. The molecule has 0 spiro atoms. The van der Waals surface area contributed by atoms with E-state index in [4.69, 9.17) is 0 Å². The molecule has 1 nitrogen and oxygen atoms in total. The van der Waals surface area contributed by atoms with Crippen LogP contribution in [0.25, 0.3) is 0 Å². The zero-order chi connectivity index (χ0) is 5.21. The van der Waals surface area contributed by atoms with Crippen LogP contribution in [0.4, 0.5) is 0 Å². The molecule has 1 heteroatoms. The molecule has 0 bridgehead atoms. The highest BCUT2D eigenvalue weighted by atomic mass is 16.3. The Labute approximate surface area is 39.0 Å². The SMILES string of the molecule is CCC(C)(C)[O]. The van der Waals surface area contributed by atoms with Crippen LogP contribution in [-0.2, 0) is 5.11 Å². The summed E-state index contributed by atoms with van der Waals surface area (Å²) in [6.45, 7) is 5.27. The van der Waals surface area contributed by atoms with Crippen LogP contribution in [0, 0.1) is 0 Å². The maximum Gasteiger partial charge on any atom is 0.0977 e. The Morgan fingerprint density at radius 2 is 1.67 bits per heavy atom. The summed E-state index contributed by atoms with van der Waals surface area (Å²) in [6, 6.07) is 0. The van der Waals surface area contributed by atoms with E-state index in [9.17, 15) is 5.11 Å². The second kappa shape index (κ2) is 1.61. The summed E-state index contributed by atoms with van der Waals surface area (Å²) in [5.41, 5.74) is -0.708. The molecular formula is C5H11O. The van der Waals surface area contributed by atoms with Crippen molar-refractivity contribution in [2.45, 2.75) is 32.8 Å². The van der Waals surface area contributed by atoms with Crippen molar-refractivity contribution in [2.75, 3.05) is 0 Å².